The van der Waals surface area contributed by atoms with Crippen molar-refractivity contribution in [3.05, 3.63) is 57.7 Å². The van der Waals surface area contributed by atoms with Crippen molar-refractivity contribution in [2.75, 3.05) is 6.54 Å². The van der Waals surface area contributed by atoms with E-state index in [0.29, 0.717) is 48.0 Å². The summed E-state index contributed by atoms with van der Waals surface area (Å²) in [4.78, 5) is 29.4. The minimum absolute atomic E-state index is 0.0941. The first-order valence-electron chi connectivity index (χ1n) is 10.5. The quantitative estimate of drug-likeness (QED) is 0.626. The standard InChI is InChI=1S/C22H26ClN5O2/c23-18-8-6-17(7-9-18)14-27-15-25-21-19(22(27)30)13-26-28(21)11-10-24-20(29)12-16-4-2-1-3-5-16/h6-9,13,15-16H,1-5,10-12,14H2,(H,24,29). The smallest absolute Gasteiger partial charge is 0.264 e. The number of hydrogen-bond donors (Lipinski definition) is 1. The molecule has 3 aromatic rings. The highest BCUT2D eigenvalue weighted by Crippen LogP contribution is 2.26. The molecule has 158 valence electrons. The summed E-state index contributed by atoms with van der Waals surface area (Å²) in [5.41, 5.74) is 1.37. The van der Waals surface area contributed by atoms with Crippen LogP contribution in [0.1, 0.15) is 44.1 Å². The van der Waals surface area contributed by atoms with Gasteiger partial charge in [-0.15, -0.1) is 0 Å². The molecule has 4 rings (SSSR count). The number of carbonyl (C=O) groups is 1. The molecule has 0 saturated heterocycles. The maximum absolute atomic E-state index is 12.8. The van der Waals surface area contributed by atoms with Crippen molar-refractivity contribution in [3.8, 4) is 0 Å². The Labute approximate surface area is 180 Å². The predicted octanol–water partition coefficient (Wildman–Crippen LogP) is 3.38. The van der Waals surface area contributed by atoms with Gasteiger partial charge in [0.25, 0.3) is 5.56 Å². The van der Waals surface area contributed by atoms with Gasteiger partial charge in [-0.2, -0.15) is 5.10 Å². The summed E-state index contributed by atoms with van der Waals surface area (Å²) in [6.07, 6.45) is 9.77. The number of fused-ring (bicyclic) bond motifs is 1. The summed E-state index contributed by atoms with van der Waals surface area (Å²) >= 11 is 5.92. The van der Waals surface area contributed by atoms with Gasteiger partial charge in [-0.1, -0.05) is 43.0 Å². The molecule has 8 heteroatoms. The maximum Gasteiger partial charge on any atom is 0.264 e. The van der Waals surface area contributed by atoms with Crippen molar-refractivity contribution in [2.24, 2.45) is 5.92 Å². The second kappa shape index (κ2) is 9.43. The molecule has 1 aromatic carbocycles. The number of nitrogens with one attached hydrogen (secondary N) is 1. The summed E-state index contributed by atoms with van der Waals surface area (Å²) in [5.74, 6) is 0.613. The summed E-state index contributed by atoms with van der Waals surface area (Å²) in [6.45, 7) is 1.37. The van der Waals surface area contributed by atoms with Crippen molar-refractivity contribution in [1.82, 2.24) is 24.6 Å². The lowest BCUT2D eigenvalue weighted by atomic mass is 9.87. The first kappa shape index (κ1) is 20.6. The molecule has 0 spiro atoms. The Balaban J connectivity index is 1.37. The third-order valence-electron chi connectivity index (χ3n) is 5.73. The van der Waals surface area contributed by atoms with Crippen LogP contribution in [0.25, 0.3) is 11.0 Å². The predicted molar refractivity (Wildman–Crippen MR) is 117 cm³/mol. The lowest BCUT2D eigenvalue weighted by Crippen LogP contribution is -2.29. The molecule has 1 N–H and O–H groups in total. The van der Waals surface area contributed by atoms with E-state index in [1.54, 1.807) is 33.9 Å². The molecular formula is C22H26ClN5O2. The highest BCUT2D eigenvalue weighted by Gasteiger charge is 2.17. The molecule has 7 nitrogen and oxygen atoms in total. The van der Waals surface area contributed by atoms with E-state index in [4.69, 9.17) is 11.6 Å². The van der Waals surface area contributed by atoms with Crippen LogP contribution in [0.3, 0.4) is 0 Å². The van der Waals surface area contributed by atoms with E-state index in [1.807, 2.05) is 12.1 Å². The van der Waals surface area contributed by atoms with E-state index in [-0.39, 0.29) is 11.5 Å². The van der Waals surface area contributed by atoms with Crippen molar-refractivity contribution in [1.29, 1.82) is 0 Å². The van der Waals surface area contributed by atoms with Gasteiger partial charge in [0.05, 0.1) is 19.3 Å². The van der Waals surface area contributed by atoms with Crippen LogP contribution in [-0.2, 0) is 17.9 Å². The van der Waals surface area contributed by atoms with Crippen molar-refractivity contribution in [2.45, 2.75) is 51.6 Å². The zero-order chi connectivity index (χ0) is 20.9. The third-order valence-corrected chi connectivity index (χ3v) is 5.99. The summed E-state index contributed by atoms with van der Waals surface area (Å²) < 4.78 is 3.23. The fraction of sp³-hybridized carbons (Fsp3) is 0.455. The van der Waals surface area contributed by atoms with Gasteiger partial charge in [0, 0.05) is 18.0 Å². The highest BCUT2D eigenvalue weighted by molar-refractivity contribution is 6.30. The lowest BCUT2D eigenvalue weighted by Gasteiger charge is -2.20. The third kappa shape index (κ3) is 4.90. The van der Waals surface area contributed by atoms with Crippen LogP contribution in [0.5, 0.6) is 0 Å². The molecule has 1 saturated carbocycles. The van der Waals surface area contributed by atoms with Gasteiger partial charge in [0.1, 0.15) is 11.7 Å². The summed E-state index contributed by atoms with van der Waals surface area (Å²) in [6, 6.07) is 7.37. The number of aromatic nitrogens is 4. The normalized spacial score (nSPS) is 14.8. The number of rotatable bonds is 7. The molecule has 0 radical (unpaired) electrons. The minimum atomic E-state index is -0.137. The Morgan fingerprint density at radius 3 is 2.70 bits per heavy atom. The van der Waals surface area contributed by atoms with Gasteiger partial charge in [-0.25, -0.2) is 9.67 Å². The van der Waals surface area contributed by atoms with Gasteiger partial charge >= 0.3 is 0 Å². The van der Waals surface area contributed by atoms with E-state index in [1.165, 1.54) is 19.3 Å². The van der Waals surface area contributed by atoms with Gasteiger partial charge in [-0.3, -0.25) is 14.2 Å². The zero-order valence-corrected chi connectivity index (χ0v) is 17.6. The van der Waals surface area contributed by atoms with Gasteiger partial charge in [0.15, 0.2) is 5.65 Å². The number of benzene rings is 1. The Bertz CT molecular complexity index is 1070. The number of amides is 1. The molecule has 0 bridgehead atoms. The van der Waals surface area contributed by atoms with Crippen LogP contribution in [0, 0.1) is 5.92 Å². The Morgan fingerprint density at radius 1 is 1.17 bits per heavy atom. The summed E-state index contributed by atoms with van der Waals surface area (Å²) in [7, 11) is 0. The second-order valence-electron chi connectivity index (χ2n) is 7.97. The number of carbonyl (C=O) groups excluding carboxylic acids is 1. The lowest BCUT2D eigenvalue weighted by molar-refractivity contribution is -0.122. The largest absolute Gasteiger partial charge is 0.354 e. The Morgan fingerprint density at radius 2 is 1.93 bits per heavy atom. The molecule has 0 atom stereocenters. The topological polar surface area (TPSA) is 81.8 Å². The average molecular weight is 428 g/mol. The minimum Gasteiger partial charge on any atom is -0.354 e. The molecule has 1 aliphatic carbocycles. The van der Waals surface area contributed by atoms with E-state index >= 15 is 0 Å². The fourth-order valence-corrected chi connectivity index (χ4v) is 4.21. The first-order chi connectivity index (χ1) is 14.6. The molecule has 0 unspecified atom stereocenters. The van der Waals surface area contributed by atoms with Crippen molar-refractivity contribution in [3.63, 3.8) is 0 Å². The molecule has 1 aliphatic rings. The van der Waals surface area contributed by atoms with E-state index in [0.717, 1.165) is 18.4 Å². The number of nitrogens with zero attached hydrogens (tertiary/aromatic N) is 4. The SMILES string of the molecule is O=C(CC1CCCCC1)NCCn1ncc2c(=O)n(Cc3ccc(Cl)cc3)cnc21. The van der Waals surface area contributed by atoms with Crippen LogP contribution in [-0.4, -0.2) is 31.8 Å². The Hall–Kier alpha value is -2.67. The van der Waals surface area contributed by atoms with E-state index < -0.39 is 0 Å². The van der Waals surface area contributed by atoms with Gasteiger partial charge < -0.3 is 5.32 Å². The summed E-state index contributed by atoms with van der Waals surface area (Å²) in [5, 5.41) is 8.41. The monoisotopic (exact) mass is 427 g/mol. The molecule has 0 aliphatic heterocycles. The first-order valence-corrected chi connectivity index (χ1v) is 10.9. The fourth-order valence-electron chi connectivity index (χ4n) is 4.09. The van der Waals surface area contributed by atoms with Crippen molar-refractivity contribution >= 4 is 28.5 Å². The number of halogens is 1. The van der Waals surface area contributed by atoms with Crippen LogP contribution in [0.4, 0.5) is 0 Å². The molecular weight excluding hydrogens is 402 g/mol. The van der Waals surface area contributed by atoms with Crippen LogP contribution in [0.2, 0.25) is 5.02 Å². The Kier molecular flexibility index (Phi) is 6.47. The molecule has 2 aromatic heterocycles. The second-order valence-corrected chi connectivity index (χ2v) is 8.40. The van der Waals surface area contributed by atoms with Crippen molar-refractivity contribution < 1.29 is 4.79 Å². The van der Waals surface area contributed by atoms with E-state index in [9.17, 15) is 9.59 Å². The van der Waals surface area contributed by atoms with Gasteiger partial charge in [-0.05, 0) is 36.5 Å². The van der Waals surface area contributed by atoms with Crippen LogP contribution < -0.4 is 10.9 Å². The van der Waals surface area contributed by atoms with E-state index in [2.05, 4.69) is 15.4 Å². The maximum atomic E-state index is 12.8. The molecule has 1 amide bonds. The van der Waals surface area contributed by atoms with Crippen LogP contribution in [0.15, 0.2) is 41.6 Å². The highest BCUT2D eigenvalue weighted by atomic mass is 35.5. The molecule has 2 heterocycles. The zero-order valence-electron chi connectivity index (χ0n) is 16.9. The molecule has 1 fully saturated rings. The van der Waals surface area contributed by atoms with Gasteiger partial charge in [0.2, 0.25) is 5.91 Å². The van der Waals surface area contributed by atoms with Crippen LogP contribution >= 0.6 is 11.6 Å². The molecule has 30 heavy (non-hydrogen) atoms. The average Bonchev–Trinajstić information content (AvgIpc) is 3.16. The number of hydrogen-bond acceptors (Lipinski definition) is 4.